The van der Waals surface area contributed by atoms with Gasteiger partial charge < -0.3 is 4.74 Å². The minimum atomic E-state index is -3.98. The molecule has 16 heavy (non-hydrogen) atoms. The molecule has 0 aromatic carbocycles. The molecule has 1 aliphatic heterocycles. The first-order valence-corrected chi connectivity index (χ1v) is 4.62. The summed E-state index contributed by atoms with van der Waals surface area (Å²) in [5, 5.41) is 3.61. The molecule has 90 valence electrons. The van der Waals surface area contributed by atoms with Crippen molar-refractivity contribution in [1.29, 1.82) is 0 Å². The predicted octanol–water partition coefficient (Wildman–Crippen LogP) is 0.506. The smallest absolute Gasteiger partial charge is 0.398 e. The minimum Gasteiger partial charge on any atom is -0.450 e. The highest BCUT2D eigenvalue weighted by atomic mass is 19.3. The molecule has 0 bridgehead atoms. The monoisotopic (exact) mass is 238 g/mol. The number of carbonyl (C=O) groups excluding carboxylic acids is 2. The van der Waals surface area contributed by atoms with Crippen LogP contribution in [-0.2, 0) is 29.1 Å². The van der Waals surface area contributed by atoms with Gasteiger partial charge >= 0.3 is 18.2 Å². The highest BCUT2D eigenvalue weighted by Crippen LogP contribution is 2.31. The van der Waals surface area contributed by atoms with Gasteiger partial charge in [-0.25, -0.2) is 4.79 Å². The van der Waals surface area contributed by atoms with Crippen molar-refractivity contribution in [1.82, 2.24) is 0 Å². The van der Waals surface area contributed by atoms with Gasteiger partial charge in [0.15, 0.2) is 11.9 Å². The van der Waals surface area contributed by atoms with E-state index in [1.54, 1.807) is 0 Å². The van der Waals surface area contributed by atoms with Crippen LogP contribution in [0.3, 0.4) is 0 Å². The van der Waals surface area contributed by atoms with Crippen LogP contribution in [0, 0.1) is 0 Å². The highest BCUT2D eigenvalue weighted by Gasteiger charge is 2.57. The average Bonchev–Trinajstić information content (AvgIpc) is 2.48. The van der Waals surface area contributed by atoms with Gasteiger partial charge in [-0.15, -0.1) is 0 Å². The van der Waals surface area contributed by atoms with Crippen molar-refractivity contribution in [3.05, 3.63) is 0 Å². The topological polar surface area (TPSA) is 71.1 Å². The molecule has 1 heterocycles. The number of esters is 1. The average molecular weight is 238 g/mol. The maximum Gasteiger partial charge on any atom is 0.398 e. The molecule has 1 unspecified atom stereocenters. The molecule has 0 aromatic rings. The van der Waals surface area contributed by atoms with E-state index >= 15 is 0 Å². The van der Waals surface area contributed by atoms with Crippen LogP contribution < -0.4 is 0 Å². The molecule has 0 spiro atoms. The number of rotatable bonds is 3. The minimum absolute atomic E-state index is 0.239. The lowest BCUT2D eigenvalue weighted by Crippen LogP contribution is -2.51. The number of ether oxygens (including phenoxy) is 1. The van der Waals surface area contributed by atoms with Crippen molar-refractivity contribution in [2.45, 2.75) is 37.6 Å². The van der Waals surface area contributed by atoms with Crippen molar-refractivity contribution in [2.75, 3.05) is 0 Å². The molecule has 6 nitrogen and oxygen atoms in total. The van der Waals surface area contributed by atoms with Crippen molar-refractivity contribution in [2.24, 2.45) is 0 Å². The summed E-state index contributed by atoms with van der Waals surface area (Å²) in [5.41, 5.74) is 0. The molecule has 1 aliphatic carbocycles. The Morgan fingerprint density at radius 2 is 2.12 bits per heavy atom. The largest absolute Gasteiger partial charge is 0.450 e. The Morgan fingerprint density at radius 1 is 1.44 bits per heavy atom. The molecule has 0 amide bonds. The predicted molar refractivity (Wildman–Crippen MR) is 40.7 cm³/mol. The molecule has 2 fully saturated rings. The van der Waals surface area contributed by atoms with Gasteiger partial charge in [0.2, 0.25) is 0 Å². The van der Waals surface area contributed by atoms with Crippen LogP contribution in [-0.4, -0.2) is 30.1 Å². The van der Waals surface area contributed by atoms with Crippen LogP contribution in [0.4, 0.5) is 8.78 Å². The van der Waals surface area contributed by atoms with Crippen molar-refractivity contribution in [3.8, 4) is 0 Å². The summed E-state index contributed by atoms with van der Waals surface area (Å²) < 4.78 is 30.6. The first-order valence-electron chi connectivity index (χ1n) is 4.62. The van der Waals surface area contributed by atoms with Crippen LogP contribution in [0.1, 0.15) is 19.3 Å². The van der Waals surface area contributed by atoms with Gasteiger partial charge in [-0.1, -0.05) is 5.04 Å². The molecular formula is C8H8F2O6. The molecule has 1 saturated heterocycles. The van der Waals surface area contributed by atoms with E-state index in [-0.39, 0.29) is 18.6 Å². The second-order valence-corrected chi connectivity index (χ2v) is 3.47. The fourth-order valence-corrected chi connectivity index (χ4v) is 1.41. The third-order valence-corrected chi connectivity index (χ3v) is 2.32. The van der Waals surface area contributed by atoms with E-state index in [2.05, 4.69) is 19.6 Å². The van der Waals surface area contributed by atoms with Gasteiger partial charge in [0.05, 0.1) is 0 Å². The molecule has 0 N–H and O–H groups in total. The van der Waals surface area contributed by atoms with Crippen LogP contribution in [0.2, 0.25) is 0 Å². The Labute approximate surface area is 88.2 Å². The van der Waals surface area contributed by atoms with E-state index in [4.69, 9.17) is 0 Å². The van der Waals surface area contributed by atoms with Crippen LogP contribution >= 0.6 is 0 Å². The second kappa shape index (κ2) is 4.04. The fourth-order valence-electron chi connectivity index (χ4n) is 1.41. The molecule has 1 saturated carbocycles. The Morgan fingerprint density at radius 3 is 2.56 bits per heavy atom. The summed E-state index contributed by atoms with van der Waals surface area (Å²) in [4.78, 5) is 29.8. The number of alkyl halides is 2. The highest BCUT2D eigenvalue weighted by molar-refractivity contribution is 5.88. The van der Waals surface area contributed by atoms with Crippen LogP contribution in [0.5, 0.6) is 0 Å². The lowest BCUT2D eigenvalue weighted by Gasteiger charge is -2.28. The number of hydrogen-bond donors (Lipinski definition) is 0. The molecule has 2 aliphatic rings. The Balaban J connectivity index is 1.93. The van der Waals surface area contributed by atoms with Crippen molar-refractivity contribution in [3.63, 3.8) is 0 Å². The van der Waals surface area contributed by atoms with Gasteiger partial charge in [0, 0.05) is 6.42 Å². The number of carbonyl (C=O) groups is 2. The lowest BCUT2D eigenvalue weighted by molar-refractivity contribution is -0.705. The summed E-state index contributed by atoms with van der Waals surface area (Å²) >= 11 is 0. The molecular weight excluding hydrogens is 230 g/mol. The van der Waals surface area contributed by atoms with Crippen LogP contribution in [0.15, 0.2) is 0 Å². The fraction of sp³-hybridized carbons (Fsp3) is 0.750. The first-order chi connectivity index (χ1) is 7.51. The maximum absolute atomic E-state index is 13.1. The normalized spacial score (nSPS) is 26.6. The van der Waals surface area contributed by atoms with Gasteiger partial charge in [-0.05, 0) is 12.8 Å². The molecule has 0 radical (unpaired) electrons. The van der Waals surface area contributed by atoms with E-state index in [9.17, 15) is 18.4 Å². The van der Waals surface area contributed by atoms with E-state index in [1.807, 2.05) is 0 Å². The molecule has 1 atom stereocenters. The standard InChI is InChI=1S/C8H8F2O6/c9-8(10,7-14-16-15-7)6(12)13-5-3-1-2-4(5)11/h5,7H,1-3H2. The summed E-state index contributed by atoms with van der Waals surface area (Å²) in [6.07, 6.45) is -2.16. The summed E-state index contributed by atoms with van der Waals surface area (Å²) in [6, 6.07) is 0. The maximum atomic E-state index is 13.1. The third kappa shape index (κ3) is 1.91. The van der Waals surface area contributed by atoms with Crippen LogP contribution in [0.25, 0.3) is 0 Å². The third-order valence-electron chi connectivity index (χ3n) is 2.32. The SMILES string of the molecule is O=C1CCCC1OC(=O)C(F)(F)C1OOO1. The van der Waals surface area contributed by atoms with Crippen molar-refractivity contribution >= 4 is 11.8 Å². The van der Waals surface area contributed by atoms with E-state index in [0.717, 1.165) is 0 Å². The van der Waals surface area contributed by atoms with E-state index in [1.165, 1.54) is 0 Å². The molecule has 8 heteroatoms. The quantitative estimate of drug-likeness (QED) is 0.527. The van der Waals surface area contributed by atoms with Crippen molar-refractivity contribution < 1.29 is 37.9 Å². The second-order valence-electron chi connectivity index (χ2n) is 3.47. The van der Waals surface area contributed by atoms with E-state index in [0.29, 0.717) is 6.42 Å². The summed E-state index contributed by atoms with van der Waals surface area (Å²) in [5.74, 6) is -6.18. The van der Waals surface area contributed by atoms with Gasteiger partial charge in [0.1, 0.15) is 0 Å². The summed E-state index contributed by atoms with van der Waals surface area (Å²) in [6.45, 7) is 0. The lowest BCUT2D eigenvalue weighted by atomic mass is 10.2. The first kappa shape index (κ1) is 11.4. The van der Waals surface area contributed by atoms with Gasteiger partial charge in [0.25, 0.3) is 0 Å². The molecule has 2 rings (SSSR count). The number of Topliss-reactive ketones (excluding diaryl/α,β-unsaturated/α-hetero) is 1. The zero-order valence-corrected chi connectivity index (χ0v) is 7.98. The summed E-state index contributed by atoms with van der Waals surface area (Å²) in [7, 11) is 0. The van der Waals surface area contributed by atoms with E-state index < -0.39 is 24.3 Å². The molecule has 0 aromatic heterocycles. The number of halogens is 2. The number of ketones is 1. The van der Waals surface area contributed by atoms with Gasteiger partial charge in [-0.3, -0.25) is 4.79 Å². The Kier molecular flexibility index (Phi) is 2.87. The zero-order chi connectivity index (χ0) is 11.8. The number of hydrogen-bond acceptors (Lipinski definition) is 6. The Hall–Kier alpha value is -1.12. The Bertz CT molecular complexity index is 314. The van der Waals surface area contributed by atoms with Gasteiger partial charge in [-0.2, -0.15) is 18.6 Å². The zero-order valence-electron chi connectivity index (χ0n) is 7.98.